The van der Waals surface area contributed by atoms with Crippen molar-refractivity contribution in [2.75, 3.05) is 33.5 Å². The molecule has 0 spiro atoms. The molecule has 0 aliphatic heterocycles. The summed E-state index contributed by atoms with van der Waals surface area (Å²) in [7, 11) is 1.58. The van der Waals surface area contributed by atoms with Crippen LogP contribution >= 0.6 is 0 Å². The fourth-order valence-corrected chi connectivity index (χ4v) is 5.63. The van der Waals surface area contributed by atoms with Gasteiger partial charge in [0.05, 0.1) is 44.7 Å². The molecule has 0 fully saturated rings. The van der Waals surface area contributed by atoms with Crippen molar-refractivity contribution in [2.45, 2.75) is 58.3 Å². The molecule has 0 bridgehead atoms. The van der Waals surface area contributed by atoms with E-state index < -0.39 is 23.9 Å². The van der Waals surface area contributed by atoms with E-state index in [-0.39, 0.29) is 0 Å². The molecule has 11 heteroatoms. The van der Waals surface area contributed by atoms with Gasteiger partial charge in [0.15, 0.2) is 0 Å². The van der Waals surface area contributed by atoms with Gasteiger partial charge in [0.1, 0.15) is 28.7 Å². The number of carbonyl (C=O) groups excluding carboxylic acids is 4. The number of benzene rings is 4. The van der Waals surface area contributed by atoms with E-state index in [1.165, 1.54) is 0 Å². The molecule has 0 aliphatic rings. The van der Waals surface area contributed by atoms with Crippen molar-refractivity contribution in [3.05, 3.63) is 127 Å². The van der Waals surface area contributed by atoms with E-state index >= 15 is 0 Å². The van der Waals surface area contributed by atoms with Crippen LogP contribution in [0.4, 0.5) is 0 Å². The Morgan fingerprint density at radius 3 is 1.35 bits per heavy atom. The fraction of sp³-hybridized carbons (Fsp3) is 0.304. The minimum atomic E-state index is -0.563. The lowest BCUT2D eigenvalue weighted by molar-refractivity contribution is -0.138. The minimum Gasteiger partial charge on any atom is -0.497 e. The van der Waals surface area contributed by atoms with Crippen molar-refractivity contribution in [1.82, 2.24) is 0 Å². The van der Waals surface area contributed by atoms with Crippen LogP contribution in [0.25, 0.3) is 11.1 Å². The van der Waals surface area contributed by atoms with Gasteiger partial charge in [0.25, 0.3) is 0 Å². The summed E-state index contributed by atoms with van der Waals surface area (Å²) in [5.74, 6) is 0.571. The molecule has 0 atom stereocenters. The molecule has 0 saturated carbocycles. The summed E-state index contributed by atoms with van der Waals surface area (Å²) in [5, 5.41) is 0. The number of hydrogen-bond donors (Lipinski definition) is 0. The van der Waals surface area contributed by atoms with Gasteiger partial charge in [-0.05, 0) is 137 Å². The van der Waals surface area contributed by atoms with Crippen molar-refractivity contribution in [3.63, 3.8) is 0 Å². The summed E-state index contributed by atoms with van der Waals surface area (Å²) >= 11 is 0. The Kier molecular flexibility index (Phi) is 17.9. The van der Waals surface area contributed by atoms with Crippen LogP contribution < -0.4 is 23.7 Å². The molecule has 0 heterocycles. The van der Waals surface area contributed by atoms with Crippen molar-refractivity contribution in [3.8, 4) is 39.9 Å². The van der Waals surface area contributed by atoms with Crippen molar-refractivity contribution in [1.29, 1.82) is 0 Å². The topological polar surface area (TPSA) is 133 Å². The van der Waals surface area contributed by atoms with Crippen LogP contribution in [0.2, 0.25) is 0 Å². The van der Waals surface area contributed by atoms with E-state index in [1.807, 2.05) is 12.1 Å². The molecule has 4 aromatic rings. The van der Waals surface area contributed by atoms with Crippen LogP contribution in [-0.2, 0) is 19.1 Å². The highest BCUT2D eigenvalue weighted by atomic mass is 16.5. The lowest BCUT2D eigenvalue weighted by Gasteiger charge is -2.17. The maximum Gasteiger partial charge on any atom is 0.343 e. The largest absolute Gasteiger partial charge is 0.497 e. The zero-order chi connectivity index (χ0) is 40.8. The number of unbranched alkanes of at least 4 members (excludes halogenated alkanes) is 6. The molecule has 0 saturated heterocycles. The maximum atomic E-state index is 13.4. The Morgan fingerprint density at radius 2 is 0.912 bits per heavy atom. The Morgan fingerprint density at radius 1 is 0.509 bits per heavy atom. The molecule has 0 aliphatic carbocycles. The molecule has 0 radical (unpaired) electrons. The number of ether oxygens (including phenoxy) is 7. The molecule has 0 aromatic heterocycles. The van der Waals surface area contributed by atoms with Gasteiger partial charge in [-0.2, -0.15) is 0 Å². The Hall–Kier alpha value is -6.36. The number of methoxy groups -OCH3 is 1. The van der Waals surface area contributed by atoms with Gasteiger partial charge in [0, 0.05) is 23.3 Å². The SMILES string of the molecule is C=CC(=O)OCCCCCCOc1ccc(C(=O)Oc2ccc(OC(=O)c3ccc(OCCCCCCOC(=O)C=C)cc3)c(-c3ccc(OC)cc3)c2C)cc1. The van der Waals surface area contributed by atoms with Gasteiger partial charge in [-0.3, -0.25) is 0 Å². The predicted octanol–water partition coefficient (Wildman–Crippen LogP) is 9.45. The average molecular weight is 779 g/mol. The quantitative estimate of drug-likeness (QED) is 0.0292. The number of esters is 4. The normalized spacial score (nSPS) is 10.5. The van der Waals surface area contributed by atoms with Gasteiger partial charge in [-0.15, -0.1) is 0 Å². The molecule has 11 nitrogen and oxygen atoms in total. The van der Waals surface area contributed by atoms with E-state index in [0.717, 1.165) is 69.1 Å². The first-order chi connectivity index (χ1) is 27.7. The molecular weight excluding hydrogens is 728 g/mol. The van der Waals surface area contributed by atoms with Gasteiger partial charge in [0.2, 0.25) is 0 Å². The summed E-state index contributed by atoms with van der Waals surface area (Å²) in [6.45, 7) is 10.3. The zero-order valence-corrected chi connectivity index (χ0v) is 32.6. The Balaban J connectivity index is 1.34. The Labute approximate surface area is 334 Å². The summed E-state index contributed by atoms with van der Waals surface area (Å²) in [4.78, 5) is 48.8. The van der Waals surface area contributed by atoms with Crippen molar-refractivity contribution >= 4 is 23.9 Å². The summed E-state index contributed by atoms with van der Waals surface area (Å²) < 4.78 is 38.8. The fourth-order valence-electron chi connectivity index (χ4n) is 5.63. The maximum absolute atomic E-state index is 13.4. The second kappa shape index (κ2) is 23.5. The summed E-state index contributed by atoms with van der Waals surface area (Å²) in [5.41, 5.74) is 2.58. The molecule has 0 unspecified atom stereocenters. The second-order valence-electron chi connectivity index (χ2n) is 12.9. The first-order valence-corrected chi connectivity index (χ1v) is 19.0. The number of carbonyl (C=O) groups is 4. The summed E-state index contributed by atoms with van der Waals surface area (Å²) in [6, 6.07) is 24.0. The van der Waals surface area contributed by atoms with Crippen LogP contribution in [0.1, 0.15) is 77.6 Å². The predicted molar refractivity (Wildman–Crippen MR) is 216 cm³/mol. The smallest absolute Gasteiger partial charge is 0.343 e. The van der Waals surface area contributed by atoms with E-state index in [4.69, 9.17) is 33.2 Å². The van der Waals surface area contributed by atoms with Crippen molar-refractivity contribution in [2.24, 2.45) is 0 Å². The highest BCUT2D eigenvalue weighted by Gasteiger charge is 2.20. The molecule has 0 amide bonds. The van der Waals surface area contributed by atoms with Crippen LogP contribution in [0.15, 0.2) is 110 Å². The third-order valence-corrected chi connectivity index (χ3v) is 8.78. The summed E-state index contributed by atoms with van der Waals surface area (Å²) in [6.07, 6.45) is 9.21. The zero-order valence-electron chi connectivity index (χ0n) is 32.6. The monoisotopic (exact) mass is 778 g/mol. The van der Waals surface area contributed by atoms with E-state index in [2.05, 4.69) is 13.2 Å². The van der Waals surface area contributed by atoms with Gasteiger partial charge >= 0.3 is 23.9 Å². The molecule has 4 aromatic carbocycles. The lowest BCUT2D eigenvalue weighted by atomic mass is 9.98. The molecular formula is C46H50O11. The highest BCUT2D eigenvalue weighted by molar-refractivity contribution is 5.94. The molecule has 0 N–H and O–H groups in total. The lowest BCUT2D eigenvalue weighted by Crippen LogP contribution is -2.12. The standard InChI is InChI=1S/C46H50O11/c1-5-42(47)54-31-13-9-7-11-29-52-38-23-17-35(18-24-38)45(49)56-40-27-28-41(44(33(40)3)34-15-21-37(51-4)22-16-34)57-46(50)36-19-25-39(26-20-36)53-30-12-8-10-14-32-55-43(48)6-2/h5-6,15-28H,1-2,7-14,29-32H2,3-4H3. The van der Waals surface area contributed by atoms with E-state index in [9.17, 15) is 19.2 Å². The minimum absolute atomic E-state index is 0.291. The molecule has 4 rings (SSSR count). The third kappa shape index (κ3) is 14.3. The highest BCUT2D eigenvalue weighted by Crippen LogP contribution is 2.39. The van der Waals surface area contributed by atoms with Gasteiger partial charge in [-0.1, -0.05) is 25.3 Å². The molecule has 57 heavy (non-hydrogen) atoms. The first kappa shape index (κ1) is 43.4. The van der Waals surface area contributed by atoms with Gasteiger partial charge < -0.3 is 33.2 Å². The van der Waals surface area contributed by atoms with Crippen LogP contribution in [0.5, 0.6) is 28.7 Å². The van der Waals surface area contributed by atoms with Gasteiger partial charge in [-0.25, -0.2) is 19.2 Å². The van der Waals surface area contributed by atoms with Crippen molar-refractivity contribution < 1.29 is 52.3 Å². The number of rotatable bonds is 24. The third-order valence-electron chi connectivity index (χ3n) is 8.78. The number of hydrogen-bond acceptors (Lipinski definition) is 11. The molecule has 300 valence electrons. The van der Waals surface area contributed by atoms with Crippen LogP contribution in [-0.4, -0.2) is 57.4 Å². The van der Waals surface area contributed by atoms with E-state index in [1.54, 1.807) is 86.8 Å². The average Bonchev–Trinajstić information content (AvgIpc) is 3.24. The first-order valence-electron chi connectivity index (χ1n) is 19.0. The Bertz CT molecular complexity index is 1930. The van der Waals surface area contributed by atoms with E-state index in [0.29, 0.717) is 77.4 Å². The van der Waals surface area contributed by atoms with Crippen LogP contribution in [0, 0.1) is 6.92 Å². The second-order valence-corrected chi connectivity index (χ2v) is 12.9. The van der Waals surface area contributed by atoms with Crippen LogP contribution in [0.3, 0.4) is 0 Å².